The molecule has 5 heteroatoms. The molecule has 0 bridgehead atoms. The van der Waals surface area contributed by atoms with E-state index in [0.717, 1.165) is 11.6 Å². The Kier molecular flexibility index (Phi) is 2.90. The smallest absolute Gasteiger partial charge is 0.153 e. The molecule has 1 N–H and O–H groups in total. The topological polar surface area (TPSA) is 59.4 Å². The summed E-state index contributed by atoms with van der Waals surface area (Å²) >= 11 is 0. The molecule has 0 amide bonds. The summed E-state index contributed by atoms with van der Waals surface area (Å²) in [6.07, 6.45) is 10.2. The van der Waals surface area contributed by atoms with Crippen LogP contribution in [0.1, 0.15) is 49.7 Å². The first-order valence-electron chi connectivity index (χ1n) is 6.30. The first kappa shape index (κ1) is 10.5. The van der Waals surface area contributed by atoms with Crippen LogP contribution >= 0.6 is 0 Å². The minimum Gasteiger partial charge on any atom is -0.265 e. The minimum absolute atomic E-state index is 0.561. The highest BCUT2D eigenvalue weighted by Gasteiger charge is 2.19. The zero-order valence-corrected chi connectivity index (χ0v) is 9.84. The number of aromatic nitrogens is 5. The lowest BCUT2D eigenvalue weighted by Gasteiger charge is -2.17. The fourth-order valence-electron chi connectivity index (χ4n) is 2.47. The van der Waals surface area contributed by atoms with Gasteiger partial charge in [-0.3, -0.25) is 9.78 Å². The molecule has 0 radical (unpaired) electrons. The van der Waals surface area contributed by atoms with Gasteiger partial charge in [-0.15, -0.1) is 0 Å². The van der Waals surface area contributed by atoms with E-state index >= 15 is 0 Å². The molecule has 90 valence electrons. The molecule has 3 rings (SSSR count). The highest BCUT2D eigenvalue weighted by molar-refractivity contribution is 4.99. The summed E-state index contributed by atoms with van der Waals surface area (Å²) in [4.78, 5) is 4.58. The first-order chi connectivity index (χ1) is 8.42. The third-order valence-electron chi connectivity index (χ3n) is 3.39. The van der Waals surface area contributed by atoms with E-state index in [9.17, 15) is 0 Å². The van der Waals surface area contributed by atoms with Crippen molar-refractivity contribution >= 4 is 0 Å². The molecule has 1 saturated carbocycles. The number of hydrogen-bond acceptors (Lipinski definition) is 3. The van der Waals surface area contributed by atoms with Gasteiger partial charge >= 0.3 is 0 Å². The number of aromatic amines is 1. The Balaban J connectivity index is 1.69. The Morgan fingerprint density at radius 2 is 2.18 bits per heavy atom. The normalized spacial score (nSPS) is 17.4. The van der Waals surface area contributed by atoms with Crippen molar-refractivity contribution in [2.45, 2.75) is 44.6 Å². The number of hydrogen-bond donors (Lipinski definition) is 1. The molecule has 5 nitrogen and oxygen atoms in total. The van der Waals surface area contributed by atoms with Gasteiger partial charge in [0.05, 0.1) is 0 Å². The number of nitrogens with one attached hydrogen (secondary N) is 1. The summed E-state index contributed by atoms with van der Waals surface area (Å²) in [5.74, 6) is 2.45. The summed E-state index contributed by atoms with van der Waals surface area (Å²) < 4.78 is 1.85. The van der Waals surface area contributed by atoms with Gasteiger partial charge in [-0.2, -0.15) is 10.2 Å². The molecule has 0 atom stereocenters. The van der Waals surface area contributed by atoms with Crippen LogP contribution in [0.5, 0.6) is 0 Å². The molecular weight excluding hydrogens is 214 g/mol. The lowest BCUT2D eigenvalue weighted by molar-refractivity contribution is 0.429. The summed E-state index contributed by atoms with van der Waals surface area (Å²) in [6.45, 7) is 0.673. The maximum atomic E-state index is 4.58. The van der Waals surface area contributed by atoms with Crippen molar-refractivity contribution in [3.63, 3.8) is 0 Å². The average molecular weight is 231 g/mol. The van der Waals surface area contributed by atoms with Crippen molar-refractivity contribution < 1.29 is 0 Å². The largest absolute Gasteiger partial charge is 0.265 e. The van der Waals surface area contributed by atoms with Crippen molar-refractivity contribution in [3.8, 4) is 0 Å². The van der Waals surface area contributed by atoms with E-state index in [-0.39, 0.29) is 0 Å². The van der Waals surface area contributed by atoms with Crippen LogP contribution in [0.2, 0.25) is 0 Å². The highest BCUT2D eigenvalue weighted by Crippen LogP contribution is 2.30. The molecule has 2 aromatic rings. The van der Waals surface area contributed by atoms with Crippen molar-refractivity contribution in [1.29, 1.82) is 0 Å². The van der Waals surface area contributed by atoms with Crippen molar-refractivity contribution in [3.05, 3.63) is 30.1 Å². The summed E-state index contributed by atoms with van der Waals surface area (Å²) in [5, 5.41) is 11.5. The SMILES string of the molecule is c1cnn(Cc2nc(C3CCCCC3)n[nH]2)c1. The average Bonchev–Trinajstić information content (AvgIpc) is 3.02. The predicted molar refractivity (Wildman–Crippen MR) is 63.5 cm³/mol. The second-order valence-electron chi connectivity index (χ2n) is 4.68. The maximum absolute atomic E-state index is 4.58. The summed E-state index contributed by atoms with van der Waals surface area (Å²) in [7, 11) is 0. The van der Waals surface area contributed by atoms with Crippen LogP contribution in [-0.4, -0.2) is 25.0 Å². The molecule has 0 aliphatic heterocycles. The van der Waals surface area contributed by atoms with E-state index in [1.165, 1.54) is 32.1 Å². The highest BCUT2D eigenvalue weighted by atomic mass is 15.3. The minimum atomic E-state index is 0.561. The van der Waals surface area contributed by atoms with E-state index in [1.54, 1.807) is 6.20 Å². The van der Waals surface area contributed by atoms with Crippen LogP contribution in [0.4, 0.5) is 0 Å². The second kappa shape index (κ2) is 4.69. The van der Waals surface area contributed by atoms with Gasteiger partial charge in [0.1, 0.15) is 12.4 Å². The molecule has 1 aliphatic rings. The van der Waals surface area contributed by atoms with Gasteiger partial charge in [-0.05, 0) is 18.9 Å². The molecule has 2 aromatic heterocycles. The molecule has 0 spiro atoms. The predicted octanol–water partition coefficient (Wildman–Crippen LogP) is 2.10. The molecule has 17 heavy (non-hydrogen) atoms. The van der Waals surface area contributed by atoms with E-state index < -0.39 is 0 Å². The van der Waals surface area contributed by atoms with Crippen LogP contribution in [0.25, 0.3) is 0 Å². The van der Waals surface area contributed by atoms with Gasteiger partial charge in [-0.1, -0.05) is 19.3 Å². The Hall–Kier alpha value is -1.65. The van der Waals surface area contributed by atoms with Crippen molar-refractivity contribution in [2.24, 2.45) is 0 Å². The molecule has 0 unspecified atom stereocenters. The molecule has 0 saturated heterocycles. The van der Waals surface area contributed by atoms with Crippen molar-refractivity contribution in [1.82, 2.24) is 25.0 Å². The number of H-pyrrole nitrogens is 1. The van der Waals surface area contributed by atoms with Crippen LogP contribution in [0.15, 0.2) is 18.5 Å². The van der Waals surface area contributed by atoms with Crippen molar-refractivity contribution in [2.75, 3.05) is 0 Å². The van der Waals surface area contributed by atoms with E-state index in [1.807, 2.05) is 16.9 Å². The Morgan fingerprint density at radius 3 is 2.94 bits per heavy atom. The van der Waals surface area contributed by atoms with Gasteiger partial charge in [0.2, 0.25) is 0 Å². The number of rotatable bonds is 3. The van der Waals surface area contributed by atoms with E-state index in [2.05, 4.69) is 20.3 Å². The van der Waals surface area contributed by atoms with Gasteiger partial charge in [0, 0.05) is 18.3 Å². The maximum Gasteiger partial charge on any atom is 0.153 e. The number of nitrogens with zero attached hydrogens (tertiary/aromatic N) is 4. The zero-order chi connectivity index (χ0) is 11.5. The monoisotopic (exact) mass is 231 g/mol. The first-order valence-corrected chi connectivity index (χ1v) is 6.30. The lowest BCUT2D eigenvalue weighted by atomic mass is 9.89. The fraction of sp³-hybridized carbons (Fsp3) is 0.583. The third kappa shape index (κ3) is 2.38. The third-order valence-corrected chi connectivity index (χ3v) is 3.39. The Bertz CT molecular complexity index is 453. The van der Waals surface area contributed by atoms with Crippen LogP contribution in [0.3, 0.4) is 0 Å². The molecule has 0 aromatic carbocycles. The van der Waals surface area contributed by atoms with E-state index in [4.69, 9.17) is 0 Å². The Labute approximate surface area is 100 Å². The molecule has 1 aliphatic carbocycles. The lowest BCUT2D eigenvalue weighted by Crippen LogP contribution is -2.06. The Morgan fingerprint density at radius 1 is 1.29 bits per heavy atom. The van der Waals surface area contributed by atoms with Crippen LogP contribution < -0.4 is 0 Å². The standard InChI is InChI=1S/C12H17N5/c1-2-5-10(6-3-1)12-14-11(15-16-12)9-17-8-4-7-13-17/h4,7-8,10H,1-3,5-6,9H2,(H,14,15,16). The van der Waals surface area contributed by atoms with Gasteiger partial charge in [0.25, 0.3) is 0 Å². The summed E-state index contributed by atoms with van der Waals surface area (Å²) in [6, 6.07) is 1.92. The van der Waals surface area contributed by atoms with Gasteiger partial charge in [-0.25, -0.2) is 4.98 Å². The summed E-state index contributed by atoms with van der Waals surface area (Å²) in [5.41, 5.74) is 0. The molecule has 2 heterocycles. The molecule has 1 fully saturated rings. The fourth-order valence-corrected chi connectivity index (χ4v) is 2.47. The zero-order valence-electron chi connectivity index (χ0n) is 9.84. The van der Waals surface area contributed by atoms with Crippen LogP contribution in [0, 0.1) is 0 Å². The van der Waals surface area contributed by atoms with Crippen LogP contribution in [-0.2, 0) is 6.54 Å². The second-order valence-corrected chi connectivity index (χ2v) is 4.68. The van der Waals surface area contributed by atoms with E-state index in [0.29, 0.717) is 12.5 Å². The van der Waals surface area contributed by atoms with Gasteiger partial charge in [0.15, 0.2) is 5.82 Å². The quantitative estimate of drug-likeness (QED) is 0.880. The van der Waals surface area contributed by atoms with Gasteiger partial charge < -0.3 is 0 Å². The molecular formula is C12H17N5.